The van der Waals surface area contributed by atoms with Gasteiger partial charge in [0.1, 0.15) is 11.6 Å². The van der Waals surface area contributed by atoms with Gasteiger partial charge in [-0.2, -0.15) is 0 Å². The highest BCUT2D eigenvalue weighted by molar-refractivity contribution is 5.39. The Kier molecular flexibility index (Phi) is 3.07. The van der Waals surface area contributed by atoms with Gasteiger partial charge >= 0.3 is 0 Å². The second kappa shape index (κ2) is 4.35. The van der Waals surface area contributed by atoms with Gasteiger partial charge in [-0.1, -0.05) is 0 Å². The summed E-state index contributed by atoms with van der Waals surface area (Å²) in [7, 11) is 3.88. The van der Waals surface area contributed by atoms with Crippen molar-refractivity contribution in [2.45, 2.75) is 24.8 Å². The van der Waals surface area contributed by atoms with Gasteiger partial charge in [-0.3, -0.25) is 0 Å². The van der Waals surface area contributed by atoms with Crippen molar-refractivity contribution < 1.29 is 5.11 Å². The molecule has 0 radical (unpaired) electrons. The van der Waals surface area contributed by atoms with Crippen molar-refractivity contribution in [3.05, 3.63) is 17.6 Å². The topological polar surface area (TPSA) is 75.3 Å². The lowest BCUT2D eigenvalue weighted by atomic mass is 10.2. The molecule has 5 nitrogen and oxygen atoms in total. The molecule has 1 atom stereocenters. The second-order valence-corrected chi connectivity index (χ2v) is 4.47. The van der Waals surface area contributed by atoms with Crippen molar-refractivity contribution in [2.75, 3.05) is 25.6 Å². The van der Waals surface area contributed by atoms with Gasteiger partial charge in [-0.25, -0.2) is 9.97 Å². The lowest BCUT2D eigenvalue weighted by Crippen LogP contribution is -2.19. The summed E-state index contributed by atoms with van der Waals surface area (Å²) in [4.78, 5) is 10.8. The first kappa shape index (κ1) is 11.3. The Hall–Kier alpha value is -1.20. The molecule has 88 valence electrons. The minimum absolute atomic E-state index is 0.0893. The lowest BCUT2D eigenvalue weighted by Gasteiger charge is -2.16. The molecule has 1 unspecified atom stereocenters. The molecule has 3 N–H and O–H groups in total. The lowest BCUT2D eigenvalue weighted by molar-refractivity contribution is 0.265. The van der Waals surface area contributed by atoms with Gasteiger partial charge in [0, 0.05) is 26.1 Å². The van der Waals surface area contributed by atoms with Crippen LogP contribution in [-0.4, -0.2) is 35.8 Å². The van der Waals surface area contributed by atoms with Crippen molar-refractivity contribution >= 4 is 5.82 Å². The fraction of sp³-hybridized carbons (Fsp3) is 0.636. The number of hydrogen-bond acceptors (Lipinski definition) is 5. The van der Waals surface area contributed by atoms with E-state index < -0.39 is 6.04 Å². The van der Waals surface area contributed by atoms with Gasteiger partial charge in [-0.05, 0) is 12.8 Å². The zero-order chi connectivity index (χ0) is 11.7. The quantitative estimate of drug-likeness (QED) is 0.772. The van der Waals surface area contributed by atoms with Crippen molar-refractivity contribution in [1.82, 2.24) is 9.97 Å². The first-order valence-corrected chi connectivity index (χ1v) is 5.54. The number of hydrogen-bond donors (Lipinski definition) is 2. The maximum absolute atomic E-state index is 9.06. The van der Waals surface area contributed by atoms with Crippen LogP contribution in [0.4, 0.5) is 5.82 Å². The van der Waals surface area contributed by atoms with Gasteiger partial charge in [0.2, 0.25) is 0 Å². The van der Waals surface area contributed by atoms with Crippen molar-refractivity contribution in [3.63, 3.8) is 0 Å². The van der Waals surface area contributed by atoms with E-state index in [0.717, 1.165) is 30.2 Å². The highest BCUT2D eigenvalue weighted by Crippen LogP contribution is 2.38. The summed E-state index contributed by atoms with van der Waals surface area (Å²) in [6, 6.07) is 1.42. The minimum atomic E-state index is -0.417. The molecule has 1 aliphatic carbocycles. The van der Waals surface area contributed by atoms with E-state index in [1.807, 2.05) is 25.1 Å². The molecule has 1 aromatic rings. The molecule has 0 spiro atoms. The van der Waals surface area contributed by atoms with E-state index in [1.165, 1.54) is 0 Å². The molecule has 1 aliphatic rings. The molecule has 1 fully saturated rings. The summed E-state index contributed by atoms with van der Waals surface area (Å²) in [6.07, 6.45) is 2.31. The van der Waals surface area contributed by atoms with Gasteiger partial charge in [0.05, 0.1) is 18.3 Å². The maximum Gasteiger partial charge on any atom is 0.134 e. The predicted molar refractivity (Wildman–Crippen MR) is 62.3 cm³/mol. The van der Waals surface area contributed by atoms with E-state index in [0.29, 0.717) is 5.92 Å². The zero-order valence-electron chi connectivity index (χ0n) is 9.72. The fourth-order valence-corrected chi connectivity index (χ4v) is 1.51. The summed E-state index contributed by atoms with van der Waals surface area (Å²) in [5, 5.41) is 9.06. The number of aliphatic hydroxyl groups is 1. The van der Waals surface area contributed by atoms with E-state index in [9.17, 15) is 0 Å². The predicted octanol–water partition coefficient (Wildman–Crippen LogP) is 0.412. The van der Waals surface area contributed by atoms with Crippen LogP contribution in [0, 0.1) is 0 Å². The molecule has 16 heavy (non-hydrogen) atoms. The summed E-state index contributed by atoms with van der Waals surface area (Å²) in [5.41, 5.74) is 6.52. The van der Waals surface area contributed by atoms with E-state index in [2.05, 4.69) is 9.97 Å². The largest absolute Gasteiger partial charge is 0.394 e. The van der Waals surface area contributed by atoms with Crippen LogP contribution in [0.25, 0.3) is 0 Å². The number of rotatable bonds is 4. The van der Waals surface area contributed by atoms with Crippen LogP contribution in [0.1, 0.15) is 36.3 Å². The highest BCUT2D eigenvalue weighted by atomic mass is 16.3. The molecular formula is C11H18N4O. The summed E-state index contributed by atoms with van der Waals surface area (Å²) in [5.74, 6) is 2.21. The fourth-order valence-electron chi connectivity index (χ4n) is 1.51. The van der Waals surface area contributed by atoms with Crippen LogP contribution in [0.3, 0.4) is 0 Å². The second-order valence-electron chi connectivity index (χ2n) is 4.47. The monoisotopic (exact) mass is 222 g/mol. The number of aromatic nitrogens is 2. The number of anilines is 1. The molecule has 0 amide bonds. The Morgan fingerprint density at radius 3 is 2.69 bits per heavy atom. The van der Waals surface area contributed by atoms with Gasteiger partial charge in [0.25, 0.3) is 0 Å². The SMILES string of the molecule is CN(C)c1cc(C(N)CO)nc(C2CC2)n1. The van der Waals surface area contributed by atoms with Crippen LogP contribution in [0.5, 0.6) is 0 Å². The number of aliphatic hydroxyl groups excluding tert-OH is 1. The Bertz CT molecular complexity index is 356. The average Bonchev–Trinajstić information content (AvgIpc) is 3.11. The molecule has 1 heterocycles. The maximum atomic E-state index is 9.06. The molecule has 5 heteroatoms. The Labute approximate surface area is 95.3 Å². The third-order valence-corrected chi connectivity index (χ3v) is 2.73. The molecule has 0 bridgehead atoms. The third kappa shape index (κ3) is 2.31. The smallest absolute Gasteiger partial charge is 0.134 e. The van der Waals surface area contributed by atoms with Crippen LogP contribution >= 0.6 is 0 Å². The highest BCUT2D eigenvalue weighted by Gasteiger charge is 2.28. The van der Waals surface area contributed by atoms with E-state index in [-0.39, 0.29) is 6.61 Å². The standard InChI is InChI=1S/C11H18N4O/c1-15(2)10-5-9(8(12)6-16)13-11(14-10)7-3-4-7/h5,7-8,16H,3-4,6,12H2,1-2H3. The average molecular weight is 222 g/mol. The van der Waals surface area contributed by atoms with Gasteiger partial charge < -0.3 is 15.7 Å². The van der Waals surface area contributed by atoms with Gasteiger partial charge in [-0.15, -0.1) is 0 Å². The number of nitrogens with zero attached hydrogens (tertiary/aromatic N) is 3. The Morgan fingerprint density at radius 1 is 1.50 bits per heavy atom. The molecule has 0 aromatic carbocycles. The van der Waals surface area contributed by atoms with E-state index >= 15 is 0 Å². The van der Waals surface area contributed by atoms with Crippen molar-refractivity contribution in [2.24, 2.45) is 5.73 Å². The van der Waals surface area contributed by atoms with Crippen LogP contribution in [-0.2, 0) is 0 Å². The molecule has 0 aliphatic heterocycles. The van der Waals surface area contributed by atoms with Crippen LogP contribution < -0.4 is 10.6 Å². The zero-order valence-corrected chi connectivity index (χ0v) is 9.72. The molecule has 0 saturated heterocycles. The minimum Gasteiger partial charge on any atom is -0.394 e. The van der Waals surface area contributed by atoms with E-state index in [4.69, 9.17) is 10.8 Å². The molecule has 1 saturated carbocycles. The van der Waals surface area contributed by atoms with E-state index in [1.54, 1.807) is 0 Å². The van der Waals surface area contributed by atoms with Crippen LogP contribution in [0.2, 0.25) is 0 Å². The summed E-state index contributed by atoms with van der Waals surface area (Å²) >= 11 is 0. The molecular weight excluding hydrogens is 204 g/mol. The summed E-state index contributed by atoms with van der Waals surface area (Å²) in [6.45, 7) is -0.0893. The van der Waals surface area contributed by atoms with Crippen molar-refractivity contribution in [1.29, 1.82) is 0 Å². The van der Waals surface area contributed by atoms with Crippen LogP contribution in [0.15, 0.2) is 6.07 Å². The van der Waals surface area contributed by atoms with Gasteiger partial charge in [0.15, 0.2) is 0 Å². The van der Waals surface area contributed by atoms with Crippen molar-refractivity contribution in [3.8, 4) is 0 Å². The first-order chi connectivity index (χ1) is 7.61. The Balaban J connectivity index is 2.36. The molecule has 1 aromatic heterocycles. The molecule has 2 rings (SSSR count). The number of nitrogens with two attached hydrogens (primary N) is 1. The first-order valence-electron chi connectivity index (χ1n) is 5.54. The normalized spacial score (nSPS) is 17.2. The summed E-state index contributed by atoms with van der Waals surface area (Å²) < 4.78 is 0. The Morgan fingerprint density at radius 2 is 2.19 bits per heavy atom. The third-order valence-electron chi connectivity index (χ3n) is 2.73.